The monoisotopic (exact) mass is 242 g/mol. The van der Waals surface area contributed by atoms with E-state index in [9.17, 15) is 0 Å². The van der Waals surface area contributed by atoms with E-state index >= 15 is 0 Å². The lowest BCUT2D eigenvalue weighted by atomic mass is 9.95. The molecule has 0 bridgehead atoms. The standard InChI is InChI=1S/C14H30N2O/c1-6-14(5,11-15)16(7-2)10-12-8-9-13(3,4)17-12/h12H,6-11,15H2,1-5H3. The van der Waals surface area contributed by atoms with Crippen molar-refractivity contribution in [3.63, 3.8) is 0 Å². The number of ether oxygens (including phenoxy) is 1. The number of nitrogens with zero attached hydrogens (tertiary/aromatic N) is 1. The Morgan fingerprint density at radius 1 is 1.41 bits per heavy atom. The summed E-state index contributed by atoms with van der Waals surface area (Å²) >= 11 is 0. The Hall–Kier alpha value is -0.120. The van der Waals surface area contributed by atoms with Crippen molar-refractivity contribution in [3.05, 3.63) is 0 Å². The molecule has 102 valence electrons. The van der Waals surface area contributed by atoms with E-state index in [2.05, 4.69) is 39.5 Å². The second-order valence-corrected chi connectivity index (χ2v) is 6.13. The van der Waals surface area contributed by atoms with Crippen molar-refractivity contribution in [1.82, 2.24) is 4.90 Å². The van der Waals surface area contributed by atoms with Crippen molar-refractivity contribution in [3.8, 4) is 0 Å². The Balaban J connectivity index is 2.59. The number of hydrogen-bond acceptors (Lipinski definition) is 3. The summed E-state index contributed by atoms with van der Waals surface area (Å²) in [7, 11) is 0. The van der Waals surface area contributed by atoms with Crippen LogP contribution in [0.1, 0.15) is 53.9 Å². The molecule has 1 heterocycles. The maximum Gasteiger partial charge on any atom is 0.0710 e. The minimum Gasteiger partial charge on any atom is -0.371 e. The lowest BCUT2D eigenvalue weighted by Gasteiger charge is -2.41. The summed E-state index contributed by atoms with van der Waals surface area (Å²) in [6.07, 6.45) is 3.81. The first-order valence-corrected chi connectivity index (χ1v) is 7.00. The van der Waals surface area contributed by atoms with Gasteiger partial charge in [-0.25, -0.2) is 0 Å². The molecular formula is C14H30N2O. The van der Waals surface area contributed by atoms with Crippen molar-refractivity contribution in [2.75, 3.05) is 19.6 Å². The Morgan fingerprint density at radius 2 is 2.06 bits per heavy atom. The smallest absolute Gasteiger partial charge is 0.0710 e. The molecule has 0 spiro atoms. The van der Waals surface area contributed by atoms with E-state index in [1.807, 2.05) is 0 Å². The van der Waals surface area contributed by atoms with Crippen LogP contribution < -0.4 is 5.73 Å². The van der Waals surface area contributed by atoms with Crippen molar-refractivity contribution >= 4 is 0 Å². The third-order valence-corrected chi connectivity index (χ3v) is 4.32. The van der Waals surface area contributed by atoms with E-state index in [-0.39, 0.29) is 11.1 Å². The van der Waals surface area contributed by atoms with E-state index in [1.165, 1.54) is 12.8 Å². The SMILES string of the molecule is CCN(CC1CCC(C)(C)O1)C(C)(CC)CN. The van der Waals surface area contributed by atoms with Crippen molar-refractivity contribution in [1.29, 1.82) is 0 Å². The molecule has 3 heteroatoms. The molecule has 2 unspecified atom stereocenters. The molecule has 0 saturated carbocycles. The third kappa shape index (κ3) is 3.67. The lowest BCUT2D eigenvalue weighted by molar-refractivity contribution is -0.0423. The summed E-state index contributed by atoms with van der Waals surface area (Å²) in [6.45, 7) is 13.8. The molecule has 17 heavy (non-hydrogen) atoms. The van der Waals surface area contributed by atoms with Gasteiger partial charge in [-0.2, -0.15) is 0 Å². The van der Waals surface area contributed by atoms with Crippen LogP contribution in [0.4, 0.5) is 0 Å². The van der Waals surface area contributed by atoms with Crippen LogP contribution in [0.3, 0.4) is 0 Å². The number of nitrogens with two attached hydrogens (primary N) is 1. The molecule has 1 rings (SSSR count). The Labute approximate surface area is 107 Å². The van der Waals surface area contributed by atoms with Gasteiger partial charge >= 0.3 is 0 Å². The summed E-state index contributed by atoms with van der Waals surface area (Å²) in [4.78, 5) is 2.49. The van der Waals surface area contributed by atoms with E-state index in [4.69, 9.17) is 10.5 Å². The predicted molar refractivity (Wildman–Crippen MR) is 73.2 cm³/mol. The van der Waals surface area contributed by atoms with Gasteiger partial charge < -0.3 is 10.5 Å². The summed E-state index contributed by atoms with van der Waals surface area (Å²) in [5.74, 6) is 0. The van der Waals surface area contributed by atoms with E-state index in [0.717, 1.165) is 19.5 Å². The van der Waals surface area contributed by atoms with Gasteiger partial charge in [0.15, 0.2) is 0 Å². The van der Waals surface area contributed by atoms with Gasteiger partial charge in [0, 0.05) is 18.6 Å². The van der Waals surface area contributed by atoms with E-state index in [0.29, 0.717) is 12.6 Å². The predicted octanol–water partition coefficient (Wildman–Crippen LogP) is 2.39. The van der Waals surface area contributed by atoms with Gasteiger partial charge in [0.05, 0.1) is 11.7 Å². The van der Waals surface area contributed by atoms with Crippen LogP contribution in [0, 0.1) is 0 Å². The van der Waals surface area contributed by atoms with Crippen LogP contribution in [0.25, 0.3) is 0 Å². The van der Waals surface area contributed by atoms with E-state index < -0.39 is 0 Å². The average molecular weight is 242 g/mol. The maximum absolute atomic E-state index is 6.08. The van der Waals surface area contributed by atoms with Gasteiger partial charge in [0.2, 0.25) is 0 Å². The van der Waals surface area contributed by atoms with Gasteiger partial charge in [-0.15, -0.1) is 0 Å². The molecule has 0 aromatic carbocycles. The number of rotatable bonds is 6. The van der Waals surface area contributed by atoms with Crippen LogP contribution in [0.5, 0.6) is 0 Å². The molecule has 1 fully saturated rings. The summed E-state index contributed by atoms with van der Waals surface area (Å²) < 4.78 is 6.08. The van der Waals surface area contributed by atoms with Gasteiger partial charge in [0.25, 0.3) is 0 Å². The van der Waals surface area contributed by atoms with E-state index in [1.54, 1.807) is 0 Å². The minimum atomic E-state index is 0.0649. The topological polar surface area (TPSA) is 38.5 Å². The normalized spacial score (nSPS) is 27.4. The average Bonchev–Trinajstić information content (AvgIpc) is 2.64. The zero-order valence-electron chi connectivity index (χ0n) is 12.3. The highest BCUT2D eigenvalue weighted by atomic mass is 16.5. The fourth-order valence-electron chi connectivity index (χ4n) is 2.68. The zero-order chi connectivity index (χ0) is 13.1. The molecule has 0 aromatic heterocycles. The highest BCUT2D eigenvalue weighted by Gasteiger charge is 2.35. The van der Waals surface area contributed by atoms with Crippen LogP contribution >= 0.6 is 0 Å². The Bertz CT molecular complexity index is 236. The van der Waals surface area contributed by atoms with Crippen LogP contribution in [-0.4, -0.2) is 41.8 Å². The molecule has 1 aliphatic rings. The Morgan fingerprint density at radius 3 is 2.41 bits per heavy atom. The van der Waals surface area contributed by atoms with Crippen LogP contribution in [-0.2, 0) is 4.74 Å². The second kappa shape index (κ2) is 5.68. The summed E-state index contributed by atoms with van der Waals surface area (Å²) in [5.41, 5.74) is 6.12. The largest absolute Gasteiger partial charge is 0.371 e. The molecule has 1 saturated heterocycles. The van der Waals surface area contributed by atoms with Crippen LogP contribution in [0.15, 0.2) is 0 Å². The summed E-state index contributed by atoms with van der Waals surface area (Å²) in [5, 5.41) is 0. The number of likely N-dealkylation sites (N-methyl/N-ethyl adjacent to an activating group) is 1. The lowest BCUT2D eigenvalue weighted by Crippen LogP contribution is -2.53. The minimum absolute atomic E-state index is 0.0649. The number of hydrogen-bond donors (Lipinski definition) is 1. The molecular weight excluding hydrogens is 212 g/mol. The zero-order valence-corrected chi connectivity index (χ0v) is 12.3. The molecule has 2 N–H and O–H groups in total. The molecule has 0 aliphatic carbocycles. The first kappa shape index (κ1) is 14.9. The first-order valence-electron chi connectivity index (χ1n) is 7.00. The highest BCUT2D eigenvalue weighted by molar-refractivity contribution is 4.89. The van der Waals surface area contributed by atoms with Crippen molar-refractivity contribution in [2.45, 2.75) is 71.1 Å². The van der Waals surface area contributed by atoms with Crippen molar-refractivity contribution in [2.24, 2.45) is 5.73 Å². The molecule has 3 nitrogen and oxygen atoms in total. The fourth-order valence-corrected chi connectivity index (χ4v) is 2.68. The molecule has 0 radical (unpaired) electrons. The third-order valence-electron chi connectivity index (χ3n) is 4.32. The molecule has 0 aromatic rings. The molecule has 2 atom stereocenters. The van der Waals surface area contributed by atoms with Crippen molar-refractivity contribution < 1.29 is 4.74 Å². The Kier molecular flexibility index (Phi) is 4.99. The molecule has 1 aliphatic heterocycles. The van der Waals surface area contributed by atoms with Crippen LogP contribution in [0.2, 0.25) is 0 Å². The summed E-state index contributed by atoms with van der Waals surface area (Å²) in [6, 6.07) is 0. The first-order chi connectivity index (χ1) is 7.87. The highest BCUT2D eigenvalue weighted by Crippen LogP contribution is 2.31. The molecule has 0 amide bonds. The fraction of sp³-hybridized carbons (Fsp3) is 1.00. The van der Waals surface area contributed by atoms with Gasteiger partial charge in [-0.1, -0.05) is 13.8 Å². The quantitative estimate of drug-likeness (QED) is 0.777. The maximum atomic E-state index is 6.08. The van der Waals surface area contributed by atoms with Gasteiger partial charge in [-0.3, -0.25) is 4.90 Å². The van der Waals surface area contributed by atoms with Gasteiger partial charge in [-0.05, 0) is 46.6 Å². The van der Waals surface area contributed by atoms with Gasteiger partial charge in [0.1, 0.15) is 0 Å². The second-order valence-electron chi connectivity index (χ2n) is 6.13.